The van der Waals surface area contributed by atoms with Crippen molar-refractivity contribution < 1.29 is 9.90 Å². The second-order valence-electron chi connectivity index (χ2n) is 3.24. The number of aliphatic hydroxyl groups is 1. The van der Waals surface area contributed by atoms with Crippen molar-refractivity contribution in [1.29, 1.82) is 0 Å². The Hall–Kier alpha value is -0.710. The Balaban J connectivity index is 2.91. The summed E-state index contributed by atoms with van der Waals surface area (Å²) in [5, 5.41) is 12.3. The van der Waals surface area contributed by atoms with E-state index < -0.39 is 12.0 Å². The first-order valence-corrected chi connectivity index (χ1v) is 6.32. The first kappa shape index (κ1) is 13.4. The Kier molecular flexibility index (Phi) is 5.12. The summed E-state index contributed by atoms with van der Waals surface area (Å²) >= 11 is 7.47. The van der Waals surface area contributed by atoms with Crippen molar-refractivity contribution in [3.63, 3.8) is 0 Å². The van der Waals surface area contributed by atoms with Gasteiger partial charge >= 0.3 is 0 Å². The standard InChI is InChI=1S/C11H14ClNO2S/c1-3-16-10-5-4-8(12)6-9(10)13-11(15)7(2)14/h4-7,14H,3H2,1-2H3,(H,13,15). The van der Waals surface area contributed by atoms with Crippen LogP contribution in [-0.4, -0.2) is 22.9 Å². The Morgan fingerprint density at radius 1 is 1.62 bits per heavy atom. The summed E-state index contributed by atoms with van der Waals surface area (Å²) in [5.74, 6) is 0.472. The number of carbonyl (C=O) groups is 1. The lowest BCUT2D eigenvalue weighted by atomic mass is 10.3. The largest absolute Gasteiger partial charge is 0.384 e. The minimum absolute atomic E-state index is 0.430. The predicted molar refractivity (Wildman–Crippen MR) is 68.2 cm³/mol. The van der Waals surface area contributed by atoms with Gasteiger partial charge in [-0.05, 0) is 30.9 Å². The van der Waals surface area contributed by atoms with Gasteiger partial charge in [-0.15, -0.1) is 11.8 Å². The van der Waals surface area contributed by atoms with Crippen molar-refractivity contribution in [2.24, 2.45) is 0 Å². The van der Waals surface area contributed by atoms with Gasteiger partial charge in [0.25, 0.3) is 5.91 Å². The average molecular weight is 260 g/mol. The van der Waals surface area contributed by atoms with Crippen LogP contribution in [0.1, 0.15) is 13.8 Å². The Morgan fingerprint density at radius 3 is 2.88 bits per heavy atom. The van der Waals surface area contributed by atoms with E-state index in [9.17, 15) is 4.79 Å². The molecule has 16 heavy (non-hydrogen) atoms. The van der Waals surface area contributed by atoms with E-state index in [0.717, 1.165) is 10.6 Å². The maximum absolute atomic E-state index is 11.4. The summed E-state index contributed by atoms with van der Waals surface area (Å²) in [7, 11) is 0. The number of aliphatic hydroxyl groups excluding tert-OH is 1. The number of nitrogens with one attached hydrogen (secondary N) is 1. The summed E-state index contributed by atoms with van der Waals surface area (Å²) in [6, 6.07) is 5.31. The zero-order chi connectivity index (χ0) is 12.1. The van der Waals surface area contributed by atoms with E-state index in [1.54, 1.807) is 23.9 Å². The lowest BCUT2D eigenvalue weighted by Gasteiger charge is -2.11. The molecule has 0 fully saturated rings. The number of benzene rings is 1. The third-order valence-corrected chi connectivity index (χ3v) is 3.07. The molecule has 0 saturated heterocycles. The van der Waals surface area contributed by atoms with Gasteiger partial charge in [-0.25, -0.2) is 0 Å². The van der Waals surface area contributed by atoms with Crippen molar-refractivity contribution in [3.05, 3.63) is 23.2 Å². The maximum atomic E-state index is 11.4. The molecule has 0 radical (unpaired) electrons. The summed E-state index contributed by atoms with van der Waals surface area (Å²) in [6.07, 6.45) is -1.03. The first-order chi connectivity index (χ1) is 7.54. The van der Waals surface area contributed by atoms with E-state index in [0.29, 0.717) is 10.7 Å². The maximum Gasteiger partial charge on any atom is 0.252 e. The highest BCUT2D eigenvalue weighted by Gasteiger charge is 2.11. The third-order valence-electron chi connectivity index (χ3n) is 1.88. The van der Waals surface area contributed by atoms with E-state index in [4.69, 9.17) is 16.7 Å². The fraction of sp³-hybridized carbons (Fsp3) is 0.364. The molecule has 0 aliphatic heterocycles. The van der Waals surface area contributed by atoms with E-state index in [2.05, 4.69) is 5.32 Å². The smallest absolute Gasteiger partial charge is 0.252 e. The highest BCUT2D eigenvalue weighted by atomic mass is 35.5. The molecular weight excluding hydrogens is 246 g/mol. The number of rotatable bonds is 4. The van der Waals surface area contributed by atoms with Gasteiger partial charge in [-0.2, -0.15) is 0 Å². The molecule has 5 heteroatoms. The molecule has 0 aliphatic rings. The fourth-order valence-electron chi connectivity index (χ4n) is 1.12. The molecule has 1 atom stereocenters. The second-order valence-corrected chi connectivity index (χ2v) is 4.98. The lowest BCUT2D eigenvalue weighted by Crippen LogP contribution is -2.24. The molecule has 1 aromatic rings. The van der Waals surface area contributed by atoms with Crippen LogP contribution in [0.5, 0.6) is 0 Å². The molecule has 1 aromatic carbocycles. The Morgan fingerprint density at radius 2 is 2.31 bits per heavy atom. The molecule has 0 spiro atoms. The summed E-state index contributed by atoms with van der Waals surface area (Å²) in [4.78, 5) is 12.3. The van der Waals surface area contributed by atoms with Gasteiger partial charge in [0.1, 0.15) is 6.10 Å². The number of anilines is 1. The number of halogens is 1. The number of amides is 1. The Labute approximate surface area is 104 Å². The molecule has 0 saturated carbocycles. The molecule has 3 nitrogen and oxygen atoms in total. The monoisotopic (exact) mass is 259 g/mol. The SMILES string of the molecule is CCSc1ccc(Cl)cc1NC(=O)C(C)O. The van der Waals surface area contributed by atoms with Gasteiger partial charge in [-0.3, -0.25) is 4.79 Å². The topological polar surface area (TPSA) is 49.3 Å². The van der Waals surface area contributed by atoms with Crippen molar-refractivity contribution in [3.8, 4) is 0 Å². The number of thioether (sulfide) groups is 1. The highest BCUT2D eigenvalue weighted by molar-refractivity contribution is 7.99. The fourth-order valence-corrected chi connectivity index (χ4v) is 2.03. The molecule has 2 N–H and O–H groups in total. The van der Waals surface area contributed by atoms with E-state index in [1.807, 2.05) is 13.0 Å². The minimum atomic E-state index is -1.03. The van der Waals surface area contributed by atoms with Crippen LogP contribution < -0.4 is 5.32 Å². The molecule has 0 heterocycles. The highest BCUT2D eigenvalue weighted by Crippen LogP contribution is 2.29. The molecule has 88 valence electrons. The lowest BCUT2D eigenvalue weighted by molar-refractivity contribution is -0.123. The van der Waals surface area contributed by atoms with Crippen molar-refractivity contribution in [1.82, 2.24) is 0 Å². The van der Waals surface area contributed by atoms with E-state index in [1.165, 1.54) is 6.92 Å². The number of hydrogen-bond donors (Lipinski definition) is 2. The predicted octanol–water partition coefficient (Wildman–Crippen LogP) is 2.77. The molecular formula is C11H14ClNO2S. The molecule has 1 amide bonds. The van der Waals surface area contributed by atoms with Gasteiger partial charge < -0.3 is 10.4 Å². The van der Waals surface area contributed by atoms with E-state index >= 15 is 0 Å². The molecule has 1 unspecified atom stereocenters. The zero-order valence-corrected chi connectivity index (χ0v) is 10.7. The zero-order valence-electron chi connectivity index (χ0n) is 9.16. The number of carbonyl (C=O) groups excluding carboxylic acids is 1. The van der Waals surface area contributed by atoms with Crippen LogP contribution in [0.3, 0.4) is 0 Å². The molecule has 1 rings (SSSR count). The van der Waals surface area contributed by atoms with E-state index in [-0.39, 0.29) is 0 Å². The van der Waals surface area contributed by atoms with Crippen LogP contribution in [0.4, 0.5) is 5.69 Å². The van der Waals surface area contributed by atoms with Crippen LogP contribution in [0.15, 0.2) is 23.1 Å². The van der Waals surface area contributed by atoms with Crippen molar-refractivity contribution in [2.45, 2.75) is 24.8 Å². The summed E-state index contributed by atoms with van der Waals surface area (Å²) in [6.45, 7) is 3.45. The quantitative estimate of drug-likeness (QED) is 0.818. The third kappa shape index (κ3) is 3.70. The van der Waals surface area contributed by atoms with Crippen molar-refractivity contribution >= 4 is 35.0 Å². The molecule has 0 aliphatic carbocycles. The second kappa shape index (κ2) is 6.13. The number of hydrogen-bond acceptors (Lipinski definition) is 3. The van der Waals surface area contributed by atoms with Gasteiger partial charge in [0.2, 0.25) is 0 Å². The van der Waals surface area contributed by atoms with Crippen LogP contribution >= 0.6 is 23.4 Å². The van der Waals surface area contributed by atoms with Gasteiger partial charge in [0.05, 0.1) is 5.69 Å². The Bertz CT molecular complexity index is 382. The molecule has 0 aromatic heterocycles. The normalized spacial score (nSPS) is 12.2. The van der Waals surface area contributed by atoms with Gasteiger partial charge in [-0.1, -0.05) is 18.5 Å². The van der Waals surface area contributed by atoms with Crippen LogP contribution in [0.25, 0.3) is 0 Å². The summed E-state index contributed by atoms with van der Waals surface area (Å²) in [5.41, 5.74) is 0.644. The van der Waals surface area contributed by atoms with Gasteiger partial charge in [0.15, 0.2) is 0 Å². The van der Waals surface area contributed by atoms with Crippen molar-refractivity contribution in [2.75, 3.05) is 11.1 Å². The minimum Gasteiger partial charge on any atom is -0.384 e. The van der Waals surface area contributed by atoms with Crippen LogP contribution in [-0.2, 0) is 4.79 Å². The summed E-state index contributed by atoms with van der Waals surface area (Å²) < 4.78 is 0. The van der Waals surface area contributed by atoms with Crippen LogP contribution in [0, 0.1) is 0 Å². The first-order valence-electron chi connectivity index (χ1n) is 4.96. The van der Waals surface area contributed by atoms with Crippen LogP contribution in [0.2, 0.25) is 5.02 Å². The average Bonchev–Trinajstić information content (AvgIpc) is 2.22. The molecule has 0 bridgehead atoms. The van der Waals surface area contributed by atoms with Gasteiger partial charge in [0, 0.05) is 9.92 Å².